The van der Waals surface area contributed by atoms with Gasteiger partial charge in [0.25, 0.3) is 0 Å². The SMILES string of the molecule is CC1CC2C3CC4O[C@]5(CC[C@@H](C)CO5)[C@@H](C)C4[C@@]3(C)CCC2[C@@]2(C)CCC(O)C[C@]12O. The van der Waals surface area contributed by atoms with E-state index in [4.69, 9.17) is 9.47 Å². The molecule has 0 aromatic rings. The fourth-order valence-corrected chi connectivity index (χ4v) is 10.7. The zero-order valence-corrected chi connectivity index (χ0v) is 21.0. The van der Waals surface area contributed by atoms with Crippen LogP contribution in [0.4, 0.5) is 0 Å². The molecular weight excluding hydrogens is 400 g/mol. The van der Waals surface area contributed by atoms with E-state index in [1.54, 1.807) is 0 Å². The molecule has 2 aliphatic heterocycles. The molecule has 2 heterocycles. The van der Waals surface area contributed by atoms with E-state index in [0.717, 1.165) is 32.3 Å². The molecule has 32 heavy (non-hydrogen) atoms. The normalized spacial score (nSPS) is 64.0. The summed E-state index contributed by atoms with van der Waals surface area (Å²) in [4.78, 5) is 0. The maximum atomic E-state index is 11.9. The second-order valence-corrected chi connectivity index (χ2v) is 13.8. The van der Waals surface area contributed by atoms with Crippen LogP contribution < -0.4 is 0 Å². The minimum absolute atomic E-state index is 0.0656. The fraction of sp³-hybridized carbons (Fsp3) is 1.00. The van der Waals surface area contributed by atoms with Crippen molar-refractivity contribution in [3.8, 4) is 0 Å². The van der Waals surface area contributed by atoms with Crippen LogP contribution in [0.3, 0.4) is 0 Å². The Morgan fingerprint density at radius 2 is 1.69 bits per heavy atom. The molecule has 4 aliphatic carbocycles. The minimum atomic E-state index is -0.714. The molecule has 6 aliphatic rings. The van der Waals surface area contributed by atoms with Crippen LogP contribution in [0.15, 0.2) is 0 Å². The Balaban J connectivity index is 1.30. The van der Waals surface area contributed by atoms with E-state index in [1.807, 2.05) is 0 Å². The van der Waals surface area contributed by atoms with Crippen molar-refractivity contribution in [2.45, 2.75) is 116 Å². The third kappa shape index (κ3) is 2.65. The molecule has 2 saturated heterocycles. The Kier molecular flexibility index (Phi) is 4.85. The van der Waals surface area contributed by atoms with Crippen molar-refractivity contribution < 1.29 is 19.7 Å². The highest BCUT2D eigenvalue weighted by Gasteiger charge is 2.71. The van der Waals surface area contributed by atoms with Crippen molar-refractivity contribution in [3.63, 3.8) is 0 Å². The third-order valence-electron chi connectivity index (χ3n) is 12.5. The minimum Gasteiger partial charge on any atom is -0.393 e. The molecule has 0 bridgehead atoms. The molecule has 13 atom stereocenters. The van der Waals surface area contributed by atoms with Crippen molar-refractivity contribution in [1.29, 1.82) is 0 Å². The Morgan fingerprint density at radius 1 is 0.906 bits per heavy atom. The van der Waals surface area contributed by atoms with Gasteiger partial charge < -0.3 is 19.7 Å². The van der Waals surface area contributed by atoms with Gasteiger partial charge in [-0.05, 0) is 91.3 Å². The number of fused-ring (bicyclic) bond motifs is 7. The molecule has 4 heteroatoms. The Labute approximate surface area is 194 Å². The highest BCUT2D eigenvalue weighted by Crippen LogP contribution is 2.72. The molecule has 0 aromatic carbocycles. The molecule has 6 rings (SSSR count). The number of ether oxygens (including phenoxy) is 2. The van der Waals surface area contributed by atoms with Crippen LogP contribution in [0.1, 0.15) is 92.4 Å². The predicted octanol–water partition coefficient (Wildman–Crippen LogP) is 5.15. The zero-order valence-electron chi connectivity index (χ0n) is 21.0. The van der Waals surface area contributed by atoms with Crippen LogP contribution >= 0.6 is 0 Å². The van der Waals surface area contributed by atoms with Gasteiger partial charge in [-0.25, -0.2) is 0 Å². The Hall–Kier alpha value is -0.160. The van der Waals surface area contributed by atoms with Crippen LogP contribution in [0.5, 0.6) is 0 Å². The van der Waals surface area contributed by atoms with E-state index in [2.05, 4.69) is 34.6 Å². The Bertz CT molecular complexity index is 761. The lowest BCUT2D eigenvalue weighted by Gasteiger charge is -2.66. The summed E-state index contributed by atoms with van der Waals surface area (Å²) in [6.07, 6.45) is 9.42. The molecule has 182 valence electrons. The molecule has 0 amide bonds. The highest BCUT2D eigenvalue weighted by molar-refractivity contribution is 5.19. The van der Waals surface area contributed by atoms with Crippen molar-refractivity contribution >= 4 is 0 Å². The maximum Gasteiger partial charge on any atom is 0.171 e. The van der Waals surface area contributed by atoms with E-state index < -0.39 is 5.60 Å². The second-order valence-electron chi connectivity index (χ2n) is 13.8. The molecule has 4 nitrogen and oxygen atoms in total. The summed E-state index contributed by atoms with van der Waals surface area (Å²) in [5.41, 5.74) is -0.459. The van der Waals surface area contributed by atoms with Gasteiger partial charge in [0.2, 0.25) is 0 Å². The van der Waals surface area contributed by atoms with Crippen molar-refractivity contribution in [3.05, 3.63) is 0 Å². The summed E-state index contributed by atoms with van der Waals surface area (Å²) >= 11 is 0. The van der Waals surface area contributed by atoms with Gasteiger partial charge in [-0.3, -0.25) is 0 Å². The summed E-state index contributed by atoms with van der Waals surface area (Å²) in [6, 6.07) is 0. The van der Waals surface area contributed by atoms with E-state index in [1.165, 1.54) is 25.7 Å². The van der Waals surface area contributed by atoms with E-state index in [9.17, 15) is 10.2 Å². The maximum absolute atomic E-state index is 11.9. The molecule has 2 N–H and O–H groups in total. The average molecular weight is 447 g/mol. The van der Waals surface area contributed by atoms with Crippen LogP contribution in [-0.2, 0) is 9.47 Å². The first-order valence-corrected chi connectivity index (χ1v) is 13.8. The summed E-state index contributed by atoms with van der Waals surface area (Å²) in [5, 5.41) is 22.3. The molecule has 0 aromatic heterocycles. The molecule has 1 spiro atoms. The lowest BCUT2D eigenvalue weighted by molar-refractivity contribution is -0.276. The highest BCUT2D eigenvalue weighted by atomic mass is 16.7. The summed E-state index contributed by atoms with van der Waals surface area (Å²) < 4.78 is 13.4. The second kappa shape index (κ2) is 6.95. The van der Waals surface area contributed by atoms with E-state index in [-0.39, 0.29) is 23.2 Å². The van der Waals surface area contributed by atoms with Gasteiger partial charge in [0, 0.05) is 18.8 Å². The van der Waals surface area contributed by atoms with Crippen molar-refractivity contribution in [2.24, 2.45) is 52.3 Å². The van der Waals surface area contributed by atoms with Gasteiger partial charge in [0.1, 0.15) is 0 Å². The van der Waals surface area contributed by atoms with Gasteiger partial charge in [0.05, 0.1) is 24.4 Å². The van der Waals surface area contributed by atoms with Gasteiger partial charge in [-0.2, -0.15) is 0 Å². The lowest BCUT2D eigenvalue weighted by Crippen LogP contribution is -2.66. The van der Waals surface area contributed by atoms with Crippen molar-refractivity contribution in [1.82, 2.24) is 0 Å². The zero-order chi connectivity index (χ0) is 22.7. The first-order valence-electron chi connectivity index (χ1n) is 13.8. The van der Waals surface area contributed by atoms with Crippen molar-refractivity contribution in [2.75, 3.05) is 6.61 Å². The van der Waals surface area contributed by atoms with E-state index >= 15 is 0 Å². The van der Waals surface area contributed by atoms with Gasteiger partial charge in [-0.15, -0.1) is 0 Å². The van der Waals surface area contributed by atoms with Crippen LogP contribution in [0, 0.1) is 52.3 Å². The first-order chi connectivity index (χ1) is 15.0. The summed E-state index contributed by atoms with van der Waals surface area (Å²) in [7, 11) is 0. The van der Waals surface area contributed by atoms with Gasteiger partial charge in [0.15, 0.2) is 5.79 Å². The molecule has 7 unspecified atom stereocenters. The number of rotatable bonds is 0. The molecule has 4 saturated carbocycles. The average Bonchev–Trinajstić information content (AvgIpc) is 3.18. The van der Waals surface area contributed by atoms with Gasteiger partial charge >= 0.3 is 0 Å². The predicted molar refractivity (Wildman–Crippen MR) is 124 cm³/mol. The summed E-state index contributed by atoms with van der Waals surface area (Å²) in [6.45, 7) is 12.8. The van der Waals surface area contributed by atoms with E-state index in [0.29, 0.717) is 53.4 Å². The standard InChI is InChI=1S/C28H46O4/c1-16-6-11-28(31-15-16)18(3)24-23(32-28)13-22-20-12-17(2)27(30)14-19(29)7-10-26(27,5)21(20)8-9-25(22,24)4/h16-24,29-30H,6-15H2,1-5H3/t16-,17?,18+,19?,20?,21?,22?,23?,24?,25+,26-,27+,28-/m1/s1. The number of aliphatic hydroxyl groups excluding tert-OH is 1. The summed E-state index contributed by atoms with van der Waals surface area (Å²) in [5.74, 6) is 3.56. The molecular formula is C28H46O4. The number of hydrogen-bond donors (Lipinski definition) is 2. The topological polar surface area (TPSA) is 58.9 Å². The smallest absolute Gasteiger partial charge is 0.171 e. The Morgan fingerprint density at radius 3 is 2.41 bits per heavy atom. The van der Waals surface area contributed by atoms with Gasteiger partial charge in [-0.1, -0.05) is 34.6 Å². The monoisotopic (exact) mass is 446 g/mol. The number of aliphatic hydroxyl groups is 2. The fourth-order valence-electron chi connectivity index (χ4n) is 10.7. The van der Waals surface area contributed by atoms with Crippen LogP contribution in [0.25, 0.3) is 0 Å². The molecule has 0 radical (unpaired) electrons. The quantitative estimate of drug-likeness (QED) is 0.540. The van der Waals surface area contributed by atoms with Crippen LogP contribution in [-0.4, -0.2) is 40.4 Å². The lowest BCUT2D eigenvalue weighted by atomic mass is 9.41. The number of hydrogen-bond acceptors (Lipinski definition) is 4. The third-order valence-corrected chi connectivity index (χ3v) is 12.5. The molecule has 6 fully saturated rings. The largest absolute Gasteiger partial charge is 0.393 e. The first kappa shape index (κ1) is 22.3. The van der Waals surface area contributed by atoms with Crippen LogP contribution in [0.2, 0.25) is 0 Å².